The molecule has 0 atom stereocenters. The Labute approximate surface area is 188 Å². The van der Waals surface area contributed by atoms with Crippen molar-refractivity contribution in [3.63, 3.8) is 0 Å². The van der Waals surface area contributed by atoms with Gasteiger partial charge in [0.05, 0.1) is 5.69 Å². The average molecular weight is 436 g/mol. The molecule has 0 radical (unpaired) electrons. The van der Waals surface area contributed by atoms with Gasteiger partial charge in [-0.2, -0.15) is 0 Å². The number of benzene rings is 2. The largest absolute Gasteiger partial charge is 0.476 e. The standard InChI is InChI=1S/C25H29N3O4/c1-16-8-11-19(12-9-16)26-22(29)15-28-20-14-17(23(30)27-18-6-4-5-7-18)10-13-21(20)32-25(2,3)24(28)31/h8-14,18H,4-7,15H2,1-3H3,(H,26,29)(H,27,30). The van der Waals surface area contributed by atoms with Crippen LogP contribution in [0.1, 0.15) is 55.5 Å². The average Bonchev–Trinajstić information content (AvgIpc) is 3.25. The summed E-state index contributed by atoms with van der Waals surface area (Å²) in [7, 11) is 0. The van der Waals surface area contributed by atoms with Crippen LogP contribution >= 0.6 is 0 Å². The summed E-state index contributed by atoms with van der Waals surface area (Å²) in [5.74, 6) is -0.375. The van der Waals surface area contributed by atoms with E-state index in [9.17, 15) is 14.4 Å². The molecule has 3 amide bonds. The van der Waals surface area contributed by atoms with Gasteiger partial charge in [0.2, 0.25) is 5.91 Å². The fourth-order valence-electron chi connectivity index (χ4n) is 4.19. The predicted octanol–water partition coefficient (Wildman–Crippen LogP) is 3.81. The molecule has 7 nitrogen and oxygen atoms in total. The summed E-state index contributed by atoms with van der Waals surface area (Å²) in [5, 5.41) is 5.89. The van der Waals surface area contributed by atoms with Crippen molar-refractivity contribution in [3.8, 4) is 5.75 Å². The lowest BCUT2D eigenvalue weighted by Gasteiger charge is -2.38. The monoisotopic (exact) mass is 435 g/mol. The van der Waals surface area contributed by atoms with Gasteiger partial charge in [-0.1, -0.05) is 30.5 Å². The van der Waals surface area contributed by atoms with Gasteiger partial charge in [0.15, 0.2) is 5.60 Å². The van der Waals surface area contributed by atoms with Crippen LogP contribution in [0, 0.1) is 6.92 Å². The highest BCUT2D eigenvalue weighted by molar-refractivity contribution is 6.08. The fourth-order valence-corrected chi connectivity index (χ4v) is 4.19. The molecular weight excluding hydrogens is 406 g/mol. The maximum atomic E-state index is 13.1. The molecule has 0 bridgehead atoms. The number of nitrogens with one attached hydrogen (secondary N) is 2. The van der Waals surface area contributed by atoms with Crippen LogP contribution in [0.3, 0.4) is 0 Å². The minimum absolute atomic E-state index is 0.180. The van der Waals surface area contributed by atoms with Crippen LogP contribution in [-0.4, -0.2) is 35.9 Å². The third kappa shape index (κ3) is 4.61. The van der Waals surface area contributed by atoms with Gasteiger partial charge < -0.3 is 15.4 Å². The number of fused-ring (bicyclic) bond motifs is 1. The minimum Gasteiger partial charge on any atom is -0.476 e. The molecule has 7 heteroatoms. The van der Waals surface area contributed by atoms with Gasteiger partial charge in [0.1, 0.15) is 12.3 Å². The Morgan fingerprint density at radius 3 is 2.47 bits per heavy atom. The smallest absolute Gasteiger partial charge is 0.271 e. The number of ether oxygens (including phenoxy) is 1. The molecule has 168 valence electrons. The second kappa shape index (κ2) is 8.65. The van der Waals surface area contributed by atoms with E-state index in [4.69, 9.17) is 4.74 Å². The lowest BCUT2D eigenvalue weighted by molar-refractivity contribution is -0.133. The Hall–Kier alpha value is -3.35. The zero-order valence-electron chi connectivity index (χ0n) is 18.7. The molecule has 2 aromatic rings. The second-order valence-corrected chi connectivity index (χ2v) is 9.06. The SMILES string of the molecule is Cc1ccc(NC(=O)CN2C(=O)C(C)(C)Oc3ccc(C(=O)NC4CCCC4)cc32)cc1. The van der Waals surface area contributed by atoms with Crippen LogP contribution in [0.25, 0.3) is 0 Å². The van der Waals surface area contributed by atoms with Crippen molar-refractivity contribution >= 4 is 29.1 Å². The van der Waals surface area contributed by atoms with Crippen LogP contribution in [0.2, 0.25) is 0 Å². The van der Waals surface area contributed by atoms with Crippen molar-refractivity contribution in [2.75, 3.05) is 16.8 Å². The molecule has 4 rings (SSSR count). The van der Waals surface area contributed by atoms with Crippen molar-refractivity contribution in [2.24, 2.45) is 0 Å². The molecule has 1 aliphatic carbocycles. The van der Waals surface area contributed by atoms with E-state index in [0.717, 1.165) is 31.2 Å². The van der Waals surface area contributed by atoms with Gasteiger partial charge >= 0.3 is 0 Å². The maximum Gasteiger partial charge on any atom is 0.271 e. The molecule has 2 aromatic carbocycles. The number of carbonyl (C=O) groups is 3. The van der Waals surface area contributed by atoms with Gasteiger partial charge in [0, 0.05) is 17.3 Å². The number of hydrogen-bond acceptors (Lipinski definition) is 4. The summed E-state index contributed by atoms with van der Waals surface area (Å²) in [6.07, 6.45) is 4.21. The van der Waals surface area contributed by atoms with E-state index >= 15 is 0 Å². The van der Waals surface area contributed by atoms with Crippen LogP contribution in [0.4, 0.5) is 11.4 Å². The lowest BCUT2D eigenvalue weighted by atomic mass is 10.0. The third-order valence-corrected chi connectivity index (χ3v) is 5.96. The molecule has 1 fully saturated rings. The van der Waals surface area contributed by atoms with Gasteiger partial charge in [-0.05, 0) is 63.9 Å². The van der Waals surface area contributed by atoms with E-state index in [-0.39, 0.29) is 30.3 Å². The number of hydrogen-bond donors (Lipinski definition) is 2. The number of nitrogens with zero attached hydrogens (tertiary/aromatic N) is 1. The fraction of sp³-hybridized carbons (Fsp3) is 0.400. The second-order valence-electron chi connectivity index (χ2n) is 9.06. The number of rotatable bonds is 5. The molecular formula is C25H29N3O4. The minimum atomic E-state index is -1.12. The summed E-state index contributed by atoms with van der Waals surface area (Å²) in [4.78, 5) is 40.0. The highest BCUT2D eigenvalue weighted by Crippen LogP contribution is 2.38. The highest BCUT2D eigenvalue weighted by Gasteiger charge is 2.42. The zero-order chi connectivity index (χ0) is 22.9. The van der Waals surface area contributed by atoms with E-state index in [0.29, 0.717) is 22.7 Å². The Balaban J connectivity index is 1.57. The summed E-state index contributed by atoms with van der Waals surface area (Å²) >= 11 is 0. The quantitative estimate of drug-likeness (QED) is 0.748. The molecule has 2 N–H and O–H groups in total. The first-order valence-electron chi connectivity index (χ1n) is 11.1. The van der Waals surface area contributed by atoms with E-state index in [2.05, 4.69) is 10.6 Å². The molecule has 0 aromatic heterocycles. The molecule has 0 saturated heterocycles. The Bertz CT molecular complexity index is 1040. The molecule has 32 heavy (non-hydrogen) atoms. The third-order valence-electron chi connectivity index (χ3n) is 5.96. The van der Waals surface area contributed by atoms with Gasteiger partial charge in [0.25, 0.3) is 11.8 Å². The Morgan fingerprint density at radius 2 is 1.78 bits per heavy atom. The number of amides is 3. The van der Waals surface area contributed by atoms with E-state index < -0.39 is 5.60 Å². The molecule has 0 unspecified atom stereocenters. The summed E-state index contributed by atoms with van der Waals surface area (Å²) < 4.78 is 5.89. The summed E-state index contributed by atoms with van der Waals surface area (Å²) in [5.41, 5.74) is 1.49. The Kier molecular flexibility index (Phi) is 5.91. The van der Waals surface area contributed by atoms with E-state index in [1.165, 1.54) is 4.90 Å². The van der Waals surface area contributed by atoms with Crippen molar-refractivity contribution in [1.82, 2.24) is 5.32 Å². The molecule has 1 saturated carbocycles. The maximum absolute atomic E-state index is 13.1. The van der Waals surface area contributed by atoms with Crippen molar-refractivity contribution < 1.29 is 19.1 Å². The molecule has 1 heterocycles. The first-order valence-corrected chi connectivity index (χ1v) is 11.1. The first kappa shape index (κ1) is 21.9. The van der Waals surface area contributed by atoms with Crippen LogP contribution < -0.4 is 20.3 Å². The van der Waals surface area contributed by atoms with Crippen LogP contribution in [0.15, 0.2) is 42.5 Å². The molecule has 1 aliphatic heterocycles. The number of carbonyl (C=O) groups excluding carboxylic acids is 3. The van der Waals surface area contributed by atoms with Crippen LogP contribution in [0.5, 0.6) is 5.75 Å². The van der Waals surface area contributed by atoms with E-state index in [1.54, 1.807) is 32.0 Å². The van der Waals surface area contributed by atoms with Crippen molar-refractivity contribution in [3.05, 3.63) is 53.6 Å². The van der Waals surface area contributed by atoms with Gasteiger partial charge in [-0.15, -0.1) is 0 Å². The normalized spacial score (nSPS) is 17.5. The van der Waals surface area contributed by atoms with Crippen LogP contribution in [-0.2, 0) is 9.59 Å². The number of aryl methyl sites for hydroxylation is 1. The van der Waals surface area contributed by atoms with Crippen molar-refractivity contribution in [1.29, 1.82) is 0 Å². The zero-order valence-corrected chi connectivity index (χ0v) is 18.7. The van der Waals surface area contributed by atoms with Gasteiger partial charge in [-0.25, -0.2) is 0 Å². The predicted molar refractivity (Wildman–Crippen MR) is 123 cm³/mol. The highest BCUT2D eigenvalue weighted by atomic mass is 16.5. The summed E-state index contributed by atoms with van der Waals surface area (Å²) in [6, 6.07) is 12.7. The first-order chi connectivity index (χ1) is 15.2. The molecule has 2 aliphatic rings. The topological polar surface area (TPSA) is 87.7 Å². The van der Waals surface area contributed by atoms with Gasteiger partial charge in [-0.3, -0.25) is 19.3 Å². The lowest BCUT2D eigenvalue weighted by Crippen LogP contribution is -2.54. The molecule has 0 spiro atoms. The Morgan fingerprint density at radius 1 is 1.09 bits per heavy atom. The van der Waals surface area contributed by atoms with E-state index in [1.807, 2.05) is 31.2 Å². The van der Waals surface area contributed by atoms with Crippen molar-refractivity contribution in [2.45, 2.75) is 58.1 Å². The number of anilines is 2. The summed E-state index contributed by atoms with van der Waals surface area (Å²) in [6.45, 7) is 5.13.